The lowest BCUT2D eigenvalue weighted by atomic mass is 10.1. The van der Waals surface area contributed by atoms with Gasteiger partial charge in [0.05, 0.1) is 13.2 Å². The summed E-state index contributed by atoms with van der Waals surface area (Å²) in [6.07, 6.45) is 6.12. The Balaban J connectivity index is 3.26. The topological polar surface area (TPSA) is 32.7 Å². The second kappa shape index (κ2) is 12.3. The van der Waals surface area contributed by atoms with E-state index in [-0.39, 0.29) is 6.10 Å². The number of hydrogen-bond acceptors (Lipinski definition) is 3. The highest BCUT2D eigenvalue weighted by Gasteiger charge is 2.04. The Morgan fingerprint density at radius 2 is 1.71 bits per heavy atom. The molecule has 0 saturated heterocycles. The van der Waals surface area contributed by atoms with Gasteiger partial charge < -0.3 is 14.7 Å². The summed E-state index contributed by atoms with van der Waals surface area (Å²) in [6.45, 7) is 8.54. The standard InChI is InChI=1S/C14H30NO2/c1-4-15(5-2)12-8-6-7-10-14(16)11-9-13-17-3/h14,16H,3-13H2,1-2H3/t14-/m0/s1. The van der Waals surface area contributed by atoms with Crippen LogP contribution in [0.15, 0.2) is 0 Å². The van der Waals surface area contributed by atoms with Crippen molar-refractivity contribution in [1.29, 1.82) is 0 Å². The average Bonchev–Trinajstić information content (AvgIpc) is 2.34. The fourth-order valence-corrected chi connectivity index (χ4v) is 2.00. The van der Waals surface area contributed by atoms with E-state index in [1.165, 1.54) is 19.4 Å². The molecule has 0 saturated carbocycles. The first-order valence-corrected chi connectivity index (χ1v) is 7.01. The van der Waals surface area contributed by atoms with Crippen LogP contribution in [0.25, 0.3) is 0 Å². The van der Waals surface area contributed by atoms with E-state index in [0.29, 0.717) is 6.61 Å². The number of hydrogen-bond donors (Lipinski definition) is 1. The van der Waals surface area contributed by atoms with E-state index in [9.17, 15) is 5.11 Å². The molecule has 0 aliphatic rings. The molecule has 17 heavy (non-hydrogen) atoms. The molecule has 1 radical (unpaired) electrons. The zero-order valence-corrected chi connectivity index (χ0v) is 11.7. The Morgan fingerprint density at radius 1 is 1.06 bits per heavy atom. The lowest BCUT2D eigenvalue weighted by Crippen LogP contribution is -2.23. The van der Waals surface area contributed by atoms with Crippen molar-refractivity contribution >= 4 is 0 Å². The summed E-state index contributed by atoms with van der Waals surface area (Å²) in [5.74, 6) is 0. The second-order valence-electron chi connectivity index (χ2n) is 4.58. The van der Waals surface area contributed by atoms with Crippen molar-refractivity contribution in [3.05, 3.63) is 7.11 Å². The number of unbranched alkanes of at least 4 members (excludes halogenated alkanes) is 2. The SMILES string of the molecule is [CH2]OCCC[C@@H](O)CCCCCN(CC)CC. The first kappa shape index (κ1) is 16.9. The van der Waals surface area contributed by atoms with Gasteiger partial charge in [0.15, 0.2) is 0 Å². The van der Waals surface area contributed by atoms with Crippen molar-refractivity contribution in [3.8, 4) is 0 Å². The van der Waals surface area contributed by atoms with Crippen LogP contribution >= 0.6 is 0 Å². The van der Waals surface area contributed by atoms with Gasteiger partial charge in [-0.25, -0.2) is 0 Å². The average molecular weight is 244 g/mol. The molecule has 0 aromatic heterocycles. The van der Waals surface area contributed by atoms with Gasteiger partial charge in [0.25, 0.3) is 0 Å². The van der Waals surface area contributed by atoms with Crippen LogP contribution in [-0.2, 0) is 4.74 Å². The van der Waals surface area contributed by atoms with Gasteiger partial charge in [0.2, 0.25) is 0 Å². The molecule has 0 aliphatic carbocycles. The molecule has 0 aromatic carbocycles. The molecule has 0 fully saturated rings. The lowest BCUT2D eigenvalue weighted by Gasteiger charge is -2.17. The van der Waals surface area contributed by atoms with E-state index >= 15 is 0 Å². The second-order valence-corrected chi connectivity index (χ2v) is 4.58. The van der Waals surface area contributed by atoms with Crippen molar-refractivity contribution < 1.29 is 9.84 Å². The molecule has 0 amide bonds. The van der Waals surface area contributed by atoms with E-state index in [0.717, 1.165) is 38.8 Å². The van der Waals surface area contributed by atoms with Crippen LogP contribution in [0.1, 0.15) is 52.4 Å². The van der Waals surface area contributed by atoms with Crippen molar-refractivity contribution in [2.75, 3.05) is 26.2 Å². The minimum absolute atomic E-state index is 0.154. The molecule has 1 N–H and O–H groups in total. The number of rotatable bonds is 12. The highest BCUT2D eigenvalue weighted by Crippen LogP contribution is 2.09. The van der Waals surface area contributed by atoms with E-state index in [2.05, 4.69) is 25.9 Å². The van der Waals surface area contributed by atoms with Gasteiger partial charge in [-0.3, -0.25) is 0 Å². The monoisotopic (exact) mass is 244 g/mol. The number of aliphatic hydroxyl groups is 1. The third-order valence-electron chi connectivity index (χ3n) is 3.23. The molecule has 0 aliphatic heterocycles. The minimum atomic E-state index is -0.154. The van der Waals surface area contributed by atoms with E-state index < -0.39 is 0 Å². The molecule has 0 aromatic rings. The predicted octanol–water partition coefficient (Wildman–Crippen LogP) is 2.84. The van der Waals surface area contributed by atoms with Crippen LogP contribution < -0.4 is 0 Å². The lowest BCUT2D eigenvalue weighted by molar-refractivity contribution is 0.133. The van der Waals surface area contributed by atoms with Crippen LogP contribution in [-0.4, -0.2) is 42.4 Å². The molecule has 0 unspecified atom stereocenters. The largest absolute Gasteiger partial charge is 0.393 e. The smallest absolute Gasteiger partial charge is 0.0700 e. The van der Waals surface area contributed by atoms with Gasteiger partial charge in [0.1, 0.15) is 0 Å². The van der Waals surface area contributed by atoms with Crippen molar-refractivity contribution in [2.24, 2.45) is 0 Å². The molecule has 0 spiro atoms. The quantitative estimate of drug-likeness (QED) is 0.536. The molecule has 0 bridgehead atoms. The molecule has 103 valence electrons. The molecule has 0 heterocycles. The highest BCUT2D eigenvalue weighted by atomic mass is 16.5. The minimum Gasteiger partial charge on any atom is -0.393 e. The Hall–Kier alpha value is -0.120. The summed E-state index contributed by atoms with van der Waals surface area (Å²) >= 11 is 0. The molecular formula is C14H30NO2. The maximum atomic E-state index is 9.69. The van der Waals surface area contributed by atoms with Gasteiger partial charge in [-0.15, -0.1) is 0 Å². The fourth-order valence-electron chi connectivity index (χ4n) is 2.00. The van der Waals surface area contributed by atoms with Gasteiger partial charge in [0, 0.05) is 6.61 Å². The molecule has 3 nitrogen and oxygen atoms in total. The first-order chi connectivity index (χ1) is 8.24. The maximum absolute atomic E-state index is 9.69. The first-order valence-electron chi connectivity index (χ1n) is 7.01. The Bertz CT molecular complexity index is 149. The van der Waals surface area contributed by atoms with Crippen molar-refractivity contribution in [1.82, 2.24) is 4.90 Å². The number of nitrogens with zero attached hydrogens (tertiary/aromatic N) is 1. The van der Waals surface area contributed by atoms with Crippen LogP contribution in [0.3, 0.4) is 0 Å². The van der Waals surface area contributed by atoms with Crippen LogP contribution in [0.4, 0.5) is 0 Å². The normalized spacial score (nSPS) is 13.2. The Kier molecular flexibility index (Phi) is 12.3. The summed E-state index contributed by atoms with van der Waals surface area (Å²) < 4.78 is 4.72. The van der Waals surface area contributed by atoms with Gasteiger partial charge in [-0.1, -0.05) is 26.7 Å². The van der Waals surface area contributed by atoms with Crippen molar-refractivity contribution in [3.63, 3.8) is 0 Å². The molecular weight excluding hydrogens is 214 g/mol. The van der Waals surface area contributed by atoms with Gasteiger partial charge in [-0.05, 0) is 45.3 Å². The summed E-state index contributed by atoms with van der Waals surface area (Å²) in [4.78, 5) is 2.45. The molecule has 1 atom stereocenters. The zero-order valence-electron chi connectivity index (χ0n) is 11.7. The summed E-state index contributed by atoms with van der Waals surface area (Å²) in [5, 5.41) is 9.69. The molecule has 0 rings (SSSR count). The fraction of sp³-hybridized carbons (Fsp3) is 0.929. The Morgan fingerprint density at radius 3 is 2.29 bits per heavy atom. The zero-order chi connectivity index (χ0) is 12.9. The van der Waals surface area contributed by atoms with Gasteiger partial charge >= 0.3 is 0 Å². The third kappa shape index (κ3) is 10.7. The van der Waals surface area contributed by atoms with Crippen LogP contribution in [0, 0.1) is 7.11 Å². The summed E-state index contributed by atoms with van der Waals surface area (Å²) in [5.41, 5.74) is 0. The predicted molar refractivity (Wildman–Crippen MR) is 72.8 cm³/mol. The maximum Gasteiger partial charge on any atom is 0.0700 e. The third-order valence-corrected chi connectivity index (χ3v) is 3.23. The van der Waals surface area contributed by atoms with Crippen molar-refractivity contribution in [2.45, 2.75) is 58.5 Å². The van der Waals surface area contributed by atoms with Crippen LogP contribution in [0.5, 0.6) is 0 Å². The van der Waals surface area contributed by atoms with E-state index in [1.54, 1.807) is 0 Å². The Labute approximate surface area is 107 Å². The van der Waals surface area contributed by atoms with E-state index in [1.807, 2.05) is 0 Å². The number of ether oxygens (including phenoxy) is 1. The summed E-state index contributed by atoms with van der Waals surface area (Å²) in [7, 11) is 3.32. The number of aliphatic hydroxyl groups excluding tert-OH is 1. The summed E-state index contributed by atoms with van der Waals surface area (Å²) in [6, 6.07) is 0. The van der Waals surface area contributed by atoms with E-state index in [4.69, 9.17) is 4.74 Å². The van der Waals surface area contributed by atoms with Crippen LogP contribution in [0.2, 0.25) is 0 Å². The van der Waals surface area contributed by atoms with Gasteiger partial charge in [-0.2, -0.15) is 0 Å². The highest BCUT2D eigenvalue weighted by molar-refractivity contribution is 4.58. The molecule has 3 heteroatoms.